The Morgan fingerprint density at radius 3 is 2.19 bits per heavy atom. The summed E-state index contributed by atoms with van der Waals surface area (Å²) in [6, 6.07) is 19.1. The molecule has 0 fully saturated rings. The molecule has 0 saturated heterocycles. The van der Waals surface area contributed by atoms with Crippen LogP contribution in [0.2, 0.25) is 0 Å². The number of benzene rings is 4. The van der Waals surface area contributed by atoms with Crippen LogP contribution in [0, 0.1) is 12.7 Å². The van der Waals surface area contributed by atoms with Gasteiger partial charge in [-0.25, -0.2) is 12.8 Å². The molecule has 0 amide bonds. The number of sulfonamides is 1. The topological polar surface area (TPSA) is 116 Å². The van der Waals surface area contributed by atoms with Crippen LogP contribution in [0.1, 0.15) is 37.4 Å². The van der Waals surface area contributed by atoms with Gasteiger partial charge in [0.1, 0.15) is 11.6 Å². The van der Waals surface area contributed by atoms with Crippen LogP contribution in [0.5, 0.6) is 11.5 Å². The molecular weight excluding hydrogens is 483 g/mol. The summed E-state index contributed by atoms with van der Waals surface area (Å²) >= 11 is 0. The lowest BCUT2D eigenvalue weighted by molar-refractivity contribution is 0.0980. The molecule has 7 nitrogen and oxygen atoms in total. The lowest BCUT2D eigenvalue weighted by atomic mass is 9.82. The fourth-order valence-corrected chi connectivity index (χ4v) is 5.08. The van der Waals surface area contributed by atoms with E-state index in [-0.39, 0.29) is 44.3 Å². The van der Waals surface area contributed by atoms with Gasteiger partial charge < -0.3 is 10.5 Å². The third-order valence-electron chi connectivity index (χ3n) is 5.80. The number of aryl methyl sites for hydroxylation is 1. The molecule has 0 atom stereocenters. The molecule has 0 aliphatic heterocycles. The number of halogens is 1. The van der Waals surface area contributed by atoms with Gasteiger partial charge in [0.05, 0.1) is 27.4 Å². The lowest BCUT2D eigenvalue weighted by Crippen LogP contribution is -2.26. The van der Waals surface area contributed by atoms with E-state index >= 15 is 0 Å². The third kappa shape index (κ3) is 3.99. The Balaban J connectivity index is 1.71. The van der Waals surface area contributed by atoms with Gasteiger partial charge in [-0.2, -0.15) is 0 Å². The minimum Gasteiger partial charge on any atom is -0.455 e. The number of fused-ring (bicyclic) bond motifs is 2. The zero-order valence-electron chi connectivity index (χ0n) is 18.9. The highest BCUT2D eigenvalue weighted by Gasteiger charge is 2.36. The number of anilines is 2. The third-order valence-corrected chi connectivity index (χ3v) is 7.18. The van der Waals surface area contributed by atoms with Crippen LogP contribution in [0.4, 0.5) is 15.8 Å². The average molecular weight is 503 g/mol. The van der Waals surface area contributed by atoms with Crippen LogP contribution < -0.4 is 15.2 Å². The Morgan fingerprint density at radius 1 is 0.833 bits per heavy atom. The Kier molecular flexibility index (Phi) is 5.57. The van der Waals surface area contributed by atoms with Gasteiger partial charge in [-0.1, -0.05) is 35.9 Å². The van der Waals surface area contributed by atoms with E-state index in [9.17, 15) is 22.4 Å². The highest BCUT2D eigenvalue weighted by atomic mass is 32.2. The van der Waals surface area contributed by atoms with E-state index in [2.05, 4.69) is 4.72 Å². The minimum absolute atomic E-state index is 0.0393. The smallest absolute Gasteiger partial charge is 0.261 e. The molecule has 0 unspecified atom stereocenters. The number of para-hydroxylation sites is 1. The van der Waals surface area contributed by atoms with Gasteiger partial charge in [-0.15, -0.1) is 0 Å². The summed E-state index contributed by atoms with van der Waals surface area (Å²) in [6.07, 6.45) is 0. The highest BCUT2D eigenvalue weighted by molar-refractivity contribution is 7.92. The first-order chi connectivity index (χ1) is 17.2. The van der Waals surface area contributed by atoms with Crippen LogP contribution in [0.3, 0.4) is 0 Å². The number of hydrogen-bond donors (Lipinski definition) is 2. The van der Waals surface area contributed by atoms with Gasteiger partial charge in [-0.05, 0) is 49.4 Å². The predicted octanol–water partition coefficient (Wildman–Crippen LogP) is 5.08. The van der Waals surface area contributed by atoms with Crippen LogP contribution >= 0.6 is 0 Å². The van der Waals surface area contributed by atoms with E-state index in [1.54, 1.807) is 42.5 Å². The first-order valence-corrected chi connectivity index (χ1v) is 12.3. The van der Waals surface area contributed by atoms with E-state index in [0.29, 0.717) is 5.75 Å². The fourth-order valence-electron chi connectivity index (χ4n) is 4.02. The number of ether oxygens (including phenoxy) is 1. The number of nitrogen functional groups attached to an aromatic ring is 1. The van der Waals surface area contributed by atoms with E-state index in [4.69, 9.17) is 10.5 Å². The monoisotopic (exact) mass is 502 g/mol. The number of rotatable bonds is 5. The van der Waals surface area contributed by atoms with Crippen molar-refractivity contribution in [2.75, 3.05) is 10.5 Å². The molecule has 180 valence electrons. The first-order valence-electron chi connectivity index (χ1n) is 10.8. The van der Waals surface area contributed by atoms with E-state index in [1.165, 1.54) is 24.3 Å². The summed E-state index contributed by atoms with van der Waals surface area (Å²) in [5, 5.41) is 0. The van der Waals surface area contributed by atoms with Crippen molar-refractivity contribution in [1.29, 1.82) is 0 Å². The summed E-state index contributed by atoms with van der Waals surface area (Å²) in [4.78, 5) is 26.9. The number of ketones is 2. The molecule has 9 heteroatoms. The van der Waals surface area contributed by atoms with Gasteiger partial charge in [0.25, 0.3) is 10.0 Å². The fraction of sp³-hybridized carbons (Fsp3) is 0.0370. The van der Waals surface area contributed by atoms with Gasteiger partial charge in [0.15, 0.2) is 17.3 Å². The quantitative estimate of drug-likeness (QED) is 0.324. The summed E-state index contributed by atoms with van der Waals surface area (Å²) in [6.45, 7) is 1.82. The second-order valence-corrected chi connectivity index (χ2v) is 9.95. The first kappa shape index (κ1) is 23.3. The second-order valence-electron chi connectivity index (χ2n) is 8.27. The van der Waals surface area contributed by atoms with E-state index in [1.807, 2.05) is 6.92 Å². The van der Waals surface area contributed by atoms with Crippen molar-refractivity contribution in [3.05, 3.63) is 112 Å². The second kappa shape index (κ2) is 8.62. The van der Waals surface area contributed by atoms with E-state index < -0.39 is 27.4 Å². The number of carbonyl (C=O) groups excluding carboxylic acids is 2. The molecule has 3 N–H and O–H groups in total. The molecule has 36 heavy (non-hydrogen) atoms. The Hall–Kier alpha value is -4.50. The van der Waals surface area contributed by atoms with Crippen molar-refractivity contribution in [3.8, 4) is 11.5 Å². The van der Waals surface area contributed by atoms with Gasteiger partial charge in [0.2, 0.25) is 0 Å². The molecule has 1 aliphatic rings. The molecule has 0 bridgehead atoms. The number of carbonyl (C=O) groups is 2. The van der Waals surface area contributed by atoms with Crippen molar-refractivity contribution in [2.45, 2.75) is 11.8 Å². The van der Waals surface area contributed by atoms with Crippen molar-refractivity contribution >= 4 is 33.0 Å². The SMILES string of the molecule is Cc1ccc(S(=O)(=O)Nc2cc(Oc3ccccc3)c(N)c3c2C(=O)c2ccc(F)cc2C3=O)cc1. The minimum atomic E-state index is -4.16. The van der Waals surface area contributed by atoms with Gasteiger partial charge in [-0.3, -0.25) is 14.3 Å². The largest absolute Gasteiger partial charge is 0.455 e. The van der Waals surface area contributed by atoms with Crippen LogP contribution in [0.25, 0.3) is 0 Å². The molecule has 0 saturated carbocycles. The summed E-state index contributed by atoms with van der Waals surface area (Å²) in [5.74, 6) is -1.75. The maximum absolute atomic E-state index is 13.9. The zero-order chi connectivity index (χ0) is 25.6. The van der Waals surface area contributed by atoms with Crippen molar-refractivity contribution < 1.29 is 27.1 Å². The van der Waals surface area contributed by atoms with Crippen molar-refractivity contribution in [2.24, 2.45) is 0 Å². The van der Waals surface area contributed by atoms with Crippen LogP contribution in [-0.2, 0) is 10.0 Å². The molecular formula is C27H19FN2O5S. The van der Waals surface area contributed by atoms with Crippen molar-refractivity contribution in [1.82, 2.24) is 0 Å². The molecule has 0 aromatic heterocycles. The van der Waals surface area contributed by atoms with Crippen molar-refractivity contribution in [3.63, 3.8) is 0 Å². The lowest BCUT2D eigenvalue weighted by Gasteiger charge is -2.24. The number of nitrogens with two attached hydrogens (primary N) is 1. The van der Waals surface area contributed by atoms with Crippen LogP contribution in [-0.4, -0.2) is 20.0 Å². The Morgan fingerprint density at radius 2 is 1.50 bits per heavy atom. The Bertz CT molecular complexity index is 1650. The summed E-state index contributed by atoms with van der Waals surface area (Å²) in [5.41, 5.74) is 6.10. The molecule has 5 rings (SSSR count). The maximum atomic E-state index is 13.9. The molecule has 0 radical (unpaired) electrons. The normalized spacial score (nSPS) is 12.6. The standard InChI is InChI=1S/C27H19FN2O5S/c1-15-7-10-18(11-8-15)36(33,34)30-21-14-22(35-17-5-3-2-4-6-17)25(29)24-23(21)26(31)19-12-9-16(28)13-20(19)27(24)32/h2-14,30H,29H2,1H3. The molecule has 0 spiro atoms. The highest BCUT2D eigenvalue weighted by Crippen LogP contribution is 2.42. The molecule has 4 aromatic carbocycles. The summed E-state index contributed by atoms with van der Waals surface area (Å²) < 4.78 is 48.6. The summed E-state index contributed by atoms with van der Waals surface area (Å²) in [7, 11) is -4.16. The number of nitrogens with one attached hydrogen (secondary N) is 1. The molecule has 4 aromatic rings. The molecule has 0 heterocycles. The Labute approximate surface area is 206 Å². The van der Waals surface area contributed by atoms with Gasteiger partial charge in [0, 0.05) is 17.2 Å². The zero-order valence-corrected chi connectivity index (χ0v) is 19.7. The van der Waals surface area contributed by atoms with Gasteiger partial charge >= 0.3 is 0 Å². The van der Waals surface area contributed by atoms with Crippen LogP contribution in [0.15, 0.2) is 83.8 Å². The van der Waals surface area contributed by atoms with E-state index in [0.717, 1.165) is 17.7 Å². The predicted molar refractivity (Wildman–Crippen MR) is 133 cm³/mol. The average Bonchev–Trinajstić information content (AvgIpc) is 2.85. The molecule has 1 aliphatic carbocycles. The maximum Gasteiger partial charge on any atom is 0.261 e. The number of hydrogen-bond acceptors (Lipinski definition) is 6.